The summed E-state index contributed by atoms with van der Waals surface area (Å²) in [6, 6.07) is 3.13. The Kier molecular flexibility index (Phi) is 7.37. The first-order valence-corrected chi connectivity index (χ1v) is 7.19. The summed E-state index contributed by atoms with van der Waals surface area (Å²) in [7, 11) is 3.08. The predicted octanol–water partition coefficient (Wildman–Crippen LogP) is 3.41. The van der Waals surface area contributed by atoms with Gasteiger partial charge in [-0.25, -0.2) is 4.39 Å². The molecule has 0 saturated heterocycles. The predicted molar refractivity (Wildman–Crippen MR) is 80.1 cm³/mol. The highest BCUT2D eigenvalue weighted by atomic mass is 19.1. The number of rotatable bonds is 9. The zero-order valence-electron chi connectivity index (χ0n) is 13.0. The van der Waals surface area contributed by atoms with E-state index in [1.165, 1.54) is 13.2 Å². The van der Waals surface area contributed by atoms with E-state index in [0.717, 1.165) is 32.4 Å². The summed E-state index contributed by atoms with van der Waals surface area (Å²) in [5.74, 6) is 1.46. The first-order chi connectivity index (χ1) is 9.58. The molecule has 3 nitrogen and oxygen atoms in total. The van der Waals surface area contributed by atoms with Crippen LogP contribution < -0.4 is 14.8 Å². The summed E-state index contributed by atoms with van der Waals surface area (Å²) in [5.41, 5.74) is 0.687. The van der Waals surface area contributed by atoms with Gasteiger partial charge in [-0.1, -0.05) is 13.8 Å². The monoisotopic (exact) mass is 283 g/mol. The molecular weight excluding hydrogens is 257 g/mol. The molecule has 0 heterocycles. The third-order valence-corrected chi connectivity index (χ3v) is 3.15. The SMILES string of the molecule is COc1cc(F)c(CCCCNCC(C)C)cc1OC. The van der Waals surface area contributed by atoms with Gasteiger partial charge in [-0.3, -0.25) is 0 Å². The second-order valence-corrected chi connectivity index (χ2v) is 5.35. The van der Waals surface area contributed by atoms with E-state index in [0.29, 0.717) is 23.0 Å². The first kappa shape index (κ1) is 16.8. The molecule has 0 fully saturated rings. The topological polar surface area (TPSA) is 30.5 Å². The van der Waals surface area contributed by atoms with Crippen LogP contribution in [0.2, 0.25) is 0 Å². The molecule has 1 aromatic carbocycles. The molecule has 0 amide bonds. The number of hydrogen-bond acceptors (Lipinski definition) is 3. The van der Waals surface area contributed by atoms with Crippen molar-refractivity contribution in [2.24, 2.45) is 5.92 Å². The van der Waals surface area contributed by atoms with Crippen LogP contribution in [-0.2, 0) is 6.42 Å². The lowest BCUT2D eigenvalue weighted by Gasteiger charge is -2.11. The number of ether oxygens (including phenoxy) is 2. The second kappa shape index (κ2) is 8.80. The Morgan fingerprint density at radius 2 is 1.75 bits per heavy atom. The number of aryl methyl sites for hydroxylation is 1. The molecule has 0 spiro atoms. The summed E-state index contributed by atoms with van der Waals surface area (Å²) in [4.78, 5) is 0. The third-order valence-electron chi connectivity index (χ3n) is 3.15. The van der Waals surface area contributed by atoms with E-state index in [-0.39, 0.29) is 5.82 Å². The first-order valence-electron chi connectivity index (χ1n) is 7.19. The summed E-state index contributed by atoms with van der Waals surface area (Å²) in [6.45, 7) is 6.38. The van der Waals surface area contributed by atoms with Crippen molar-refractivity contribution >= 4 is 0 Å². The fourth-order valence-corrected chi connectivity index (χ4v) is 2.04. The molecule has 0 aliphatic carbocycles. The van der Waals surface area contributed by atoms with Crippen molar-refractivity contribution in [2.75, 3.05) is 27.3 Å². The van der Waals surface area contributed by atoms with Crippen molar-refractivity contribution in [3.63, 3.8) is 0 Å². The van der Waals surface area contributed by atoms with Gasteiger partial charge in [-0.2, -0.15) is 0 Å². The molecule has 0 radical (unpaired) electrons. The van der Waals surface area contributed by atoms with Crippen LogP contribution in [0.4, 0.5) is 4.39 Å². The van der Waals surface area contributed by atoms with Crippen LogP contribution in [0, 0.1) is 11.7 Å². The average Bonchev–Trinajstić information content (AvgIpc) is 2.43. The molecule has 0 saturated carbocycles. The maximum Gasteiger partial charge on any atom is 0.163 e. The highest BCUT2D eigenvalue weighted by Crippen LogP contribution is 2.30. The van der Waals surface area contributed by atoms with Crippen molar-refractivity contribution in [1.82, 2.24) is 5.32 Å². The van der Waals surface area contributed by atoms with Gasteiger partial charge in [0.2, 0.25) is 0 Å². The lowest BCUT2D eigenvalue weighted by atomic mass is 10.1. The molecule has 114 valence electrons. The number of methoxy groups -OCH3 is 2. The highest BCUT2D eigenvalue weighted by molar-refractivity contribution is 5.43. The number of hydrogen-bond donors (Lipinski definition) is 1. The molecule has 0 unspecified atom stereocenters. The maximum absolute atomic E-state index is 13.9. The minimum absolute atomic E-state index is 0.224. The quantitative estimate of drug-likeness (QED) is 0.704. The Bertz CT molecular complexity index is 408. The van der Waals surface area contributed by atoms with Gasteiger partial charge >= 0.3 is 0 Å². The highest BCUT2D eigenvalue weighted by Gasteiger charge is 2.10. The molecule has 0 atom stereocenters. The molecule has 4 heteroatoms. The van der Waals surface area contributed by atoms with Gasteiger partial charge in [-0.05, 0) is 49.9 Å². The van der Waals surface area contributed by atoms with E-state index in [9.17, 15) is 4.39 Å². The van der Waals surface area contributed by atoms with E-state index in [4.69, 9.17) is 9.47 Å². The summed E-state index contributed by atoms with van der Waals surface area (Å²) in [6.07, 6.45) is 2.72. The molecule has 0 bridgehead atoms. The molecule has 0 aliphatic heterocycles. The van der Waals surface area contributed by atoms with Gasteiger partial charge in [0, 0.05) is 6.07 Å². The van der Waals surface area contributed by atoms with E-state index in [1.54, 1.807) is 13.2 Å². The Morgan fingerprint density at radius 3 is 2.35 bits per heavy atom. The standard InChI is InChI=1S/C16H26FNO2/c1-12(2)11-18-8-6-5-7-13-9-15(19-3)16(20-4)10-14(13)17/h9-10,12,18H,5-8,11H2,1-4H3. The van der Waals surface area contributed by atoms with Gasteiger partial charge < -0.3 is 14.8 Å². The van der Waals surface area contributed by atoms with E-state index < -0.39 is 0 Å². The van der Waals surface area contributed by atoms with Crippen molar-refractivity contribution in [3.05, 3.63) is 23.5 Å². The van der Waals surface area contributed by atoms with Crippen LogP contribution >= 0.6 is 0 Å². The zero-order chi connectivity index (χ0) is 15.0. The van der Waals surface area contributed by atoms with Gasteiger partial charge in [-0.15, -0.1) is 0 Å². The summed E-state index contributed by atoms with van der Waals surface area (Å²) < 4.78 is 24.2. The van der Waals surface area contributed by atoms with Crippen molar-refractivity contribution in [1.29, 1.82) is 0 Å². The fraction of sp³-hybridized carbons (Fsp3) is 0.625. The lowest BCUT2D eigenvalue weighted by molar-refractivity contribution is 0.351. The third kappa shape index (κ3) is 5.37. The van der Waals surface area contributed by atoms with Gasteiger partial charge in [0.15, 0.2) is 11.5 Å². The minimum atomic E-state index is -0.224. The van der Waals surface area contributed by atoms with E-state index in [1.807, 2.05) is 0 Å². The smallest absolute Gasteiger partial charge is 0.163 e. The van der Waals surface area contributed by atoms with Crippen LogP contribution in [0.1, 0.15) is 32.3 Å². The van der Waals surface area contributed by atoms with Crippen molar-refractivity contribution < 1.29 is 13.9 Å². The van der Waals surface area contributed by atoms with Crippen LogP contribution in [0.15, 0.2) is 12.1 Å². The summed E-state index contributed by atoms with van der Waals surface area (Å²) >= 11 is 0. The van der Waals surface area contributed by atoms with Gasteiger partial charge in [0.25, 0.3) is 0 Å². The molecule has 1 N–H and O–H groups in total. The summed E-state index contributed by atoms with van der Waals surface area (Å²) in [5, 5.41) is 3.39. The van der Waals surface area contributed by atoms with Crippen LogP contribution in [0.3, 0.4) is 0 Å². The van der Waals surface area contributed by atoms with Crippen molar-refractivity contribution in [2.45, 2.75) is 33.1 Å². The van der Waals surface area contributed by atoms with Crippen LogP contribution in [-0.4, -0.2) is 27.3 Å². The molecule has 0 aromatic heterocycles. The number of unbranched alkanes of at least 4 members (excludes halogenated alkanes) is 1. The average molecular weight is 283 g/mol. The Balaban J connectivity index is 2.43. The van der Waals surface area contributed by atoms with Crippen LogP contribution in [0.25, 0.3) is 0 Å². The fourth-order valence-electron chi connectivity index (χ4n) is 2.04. The molecular formula is C16H26FNO2. The van der Waals surface area contributed by atoms with Crippen molar-refractivity contribution in [3.8, 4) is 11.5 Å². The molecule has 1 rings (SSSR count). The second-order valence-electron chi connectivity index (χ2n) is 5.35. The zero-order valence-corrected chi connectivity index (χ0v) is 13.0. The Labute approximate surface area is 121 Å². The Hall–Kier alpha value is -1.29. The van der Waals surface area contributed by atoms with E-state index in [2.05, 4.69) is 19.2 Å². The molecule has 20 heavy (non-hydrogen) atoms. The van der Waals surface area contributed by atoms with Crippen LogP contribution in [0.5, 0.6) is 11.5 Å². The van der Waals surface area contributed by atoms with Gasteiger partial charge in [0.1, 0.15) is 5.82 Å². The lowest BCUT2D eigenvalue weighted by Crippen LogP contribution is -2.20. The normalized spacial score (nSPS) is 10.9. The van der Waals surface area contributed by atoms with Gasteiger partial charge in [0.05, 0.1) is 14.2 Å². The number of benzene rings is 1. The Morgan fingerprint density at radius 1 is 1.10 bits per heavy atom. The number of nitrogens with one attached hydrogen (secondary N) is 1. The molecule has 1 aromatic rings. The number of halogens is 1. The minimum Gasteiger partial charge on any atom is -0.493 e. The molecule has 0 aliphatic rings. The van der Waals surface area contributed by atoms with E-state index >= 15 is 0 Å². The maximum atomic E-state index is 13.9. The largest absolute Gasteiger partial charge is 0.493 e.